The molecule has 18 heavy (non-hydrogen) atoms. The van der Waals surface area contributed by atoms with E-state index in [-0.39, 0.29) is 0 Å². The summed E-state index contributed by atoms with van der Waals surface area (Å²) in [4.78, 5) is 16.3. The van der Waals surface area contributed by atoms with E-state index in [0.717, 1.165) is 45.4 Å². The van der Waals surface area contributed by atoms with E-state index in [0.29, 0.717) is 11.9 Å². The summed E-state index contributed by atoms with van der Waals surface area (Å²) >= 11 is 0. The molecular weight excluding hydrogens is 224 g/mol. The summed E-state index contributed by atoms with van der Waals surface area (Å²) in [7, 11) is 0. The average molecular weight is 244 g/mol. The van der Waals surface area contributed by atoms with E-state index >= 15 is 0 Å². The molecule has 96 valence electrons. The second-order valence-electron chi connectivity index (χ2n) is 5.35. The van der Waals surface area contributed by atoms with E-state index < -0.39 is 0 Å². The lowest BCUT2D eigenvalue weighted by atomic mass is 10.2. The number of likely N-dealkylation sites (tertiary alicyclic amines) is 2. The average Bonchev–Trinajstić information content (AvgIpc) is 2.99. The fourth-order valence-electron chi connectivity index (χ4n) is 3.11. The van der Waals surface area contributed by atoms with E-state index in [1.165, 1.54) is 5.56 Å². The highest BCUT2D eigenvalue weighted by molar-refractivity contribution is 5.78. The molecule has 2 heterocycles. The molecule has 2 fully saturated rings. The maximum absolute atomic E-state index is 11.7. The van der Waals surface area contributed by atoms with Crippen LogP contribution >= 0.6 is 0 Å². The quantitative estimate of drug-likeness (QED) is 0.810. The van der Waals surface area contributed by atoms with Crippen molar-refractivity contribution in [1.82, 2.24) is 9.80 Å². The van der Waals surface area contributed by atoms with Gasteiger partial charge in [0.25, 0.3) is 0 Å². The number of benzene rings is 1. The molecule has 2 saturated heterocycles. The van der Waals surface area contributed by atoms with Crippen LogP contribution in [0.3, 0.4) is 0 Å². The molecule has 1 amide bonds. The Hall–Kier alpha value is -1.35. The van der Waals surface area contributed by atoms with Crippen LogP contribution in [0.2, 0.25) is 0 Å². The molecule has 3 rings (SSSR count). The summed E-state index contributed by atoms with van der Waals surface area (Å²) in [6.45, 7) is 4.14. The molecule has 0 aliphatic carbocycles. The van der Waals surface area contributed by atoms with Gasteiger partial charge in [-0.05, 0) is 18.4 Å². The van der Waals surface area contributed by atoms with Crippen LogP contribution in [0.25, 0.3) is 0 Å². The van der Waals surface area contributed by atoms with Gasteiger partial charge < -0.3 is 4.90 Å². The summed E-state index contributed by atoms with van der Waals surface area (Å²) in [5.41, 5.74) is 1.37. The summed E-state index contributed by atoms with van der Waals surface area (Å²) in [6, 6.07) is 11.0. The lowest BCUT2D eigenvalue weighted by Gasteiger charge is -2.24. The Kier molecular flexibility index (Phi) is 3.33. The molecule has 1 aromatic rings. The van der Waals surface area contributed by atoms with Gasteiger partial charge in [0.1, 0.15) is 0 Å². The van der Waals surface area contributed by atoms with Crippen molar-refractivity contribution in [2.24, 2.45) is 0 Å². The zero-order valence-electron chi connectivity index (χ0n) is 10.7. The minimum atomic E-state index is 0.363. The van der Waals surface area contributed by atoms with Gasteiger partial charge in [-0.2, -0.15) is 0 Å². The van der Waals surface area contributed by atoms with Crippen LogP contribution in [-0.4, -0.2) is 41.4 Å². The van der Waals surface area contributed by atoms with Crippen LogP contribution in [-0.2, 0) is 11.3 Å². The normalized spacial score (nSPS) is 25.0. The van der Waals surface area contributed by atoms with Gasteiger partial charge in [0, 0.05) is 38.6 Å². The smallest absolute Gasteiger partial charge is 0.222 e. The Morgan fingerprint density at radius 2 is 2.00 bits per heavy atom. The van der Waals surface area contributed by atoms with Gasteiger partial charge in [-0.3, -0.25) is 9.69 Å². The third kappa shape index (κ3) is 2.41. The van der Waals surface area contributed by atoms with E-state index in [2.05, 4.69) is 40.1 Å². The molecule has 3 nitrogen and oxygen atoms in total. The number of carbonyl (C=O) groups is 1. The van der Waals surface area contributed by atoms with E-state index in [1.807, 2.05) is 0 Å². The lowest BCUT2D eigenvalue weighted by Crippen LogP contribution is -2.38. The Labute approximate surface area is 108 Å². The number of rotatable bonds is 3. The maximum atomic E-state index is 11.7. The second kappa shape index (κ2) is 5.11. The van der Waals surface area contributed by atoms with Crippen LogP contribution < -0.4 is 0 Å². The van der Waals surface area contributed by atoms with Gasteiger partial charge in [0.2, 0.25) is 5.91 Å². The number of hydrogen-bond acceptors (Lipinski definition) is 2. The molecule has 0 bridgehead atoms. The summed E-state index contributed by atoms with van der Waals surface area (Å²) < 4.78 is 0. The van der Waals surface area contributed by atoms with Crippen molar-refractivity contribution in [3.8, 4) is 0 Å². The molecule has 2 aliphatic heterocycles. The van der Waals surface area contributed by atoms with Gasteiger partial charge in [0.05, 0.1) is 0 Å². The third-order valence-corrected chi connectivity index (χ3v) is 4.05. The molecule has 0 spiro atoms. The monoisotopic (exact) mass is 244 g/mol. The molecule has 2 aliphatic rings. The van der Waals surface area contributed by atoms with Crippen molar-refractivity contribution in [2.75, 3.05) is 19.6 Å². The Balaban J connectivity index is 1.57. The summed E-state index contributed by atoms with van der Waals surface area (Å²) in [6.07, 6.45) is 2.95. The molecule has 3 heteroatoms. The van der Waals surface area contributed by atoms with Crippen molar-refractivity contribution < 1.29 is 4.79 Å². The maximum Gasteiger partial charge on any atom is 0.222 e. The lowest BCUT2D eigenvalue weighted by molar-refractivity contribution is -0.129. The van der Waals surface area contributed by atoms with E-state index in [1.54, 1.807) is 0 Å². The summed E-state index contributed by atoms with van der Waals surface area (Å²) in [5, 5.41) is 0. The molecule has 0 aromatic heterocycles. The number of nitrogens with zero attached hydrogens (tertiary/aromatic N) is 2. The highest BCUT2D eigenvalue weighted by Gasteiger charge is 2.32. The predicted molar refractivity (Wildman–Crippen MR) is 71.1 cm³/mol. The first-order valence-corrected chi connectivity index (χ1v) is 6.89. The zero-order valence-corrected chi connectivity index (χ0v) is 10.7. The van der Waals surface area contributed by atoms with Gasteiger partial charge in [-0.15, -0.1) is 0 Å². The van der Waals surface area contributed by atoms with E-state index in [9.17, 15) is 4.79 Å². The van der Waals surface area contributed by atoms with Crippen molar-refractivity contribution in [3.63, 3.8) is 0 Å². The third-order valence-electron chi connectivity index (χ3n) is 4.05. The van der Waals surface area contributed by atoms with Crippen LogP contribution in [0.1, 0.15) is 24.8 Å². The van der Waals surface area contributed by atoms with Gasteiger partial charge in [-0.25, -0.2) is 0 Å². The second-order valence-corrected chi connectivity index (χ2v) is 5.35. The van der Waals surface area contributed by atoms with Gasteiger partial charge >= 0.3 is 0 Å². The topological polar surface area (TPSA) is 23.6 Å². The highest BCUT2D eigenvalue weighted by atomic mass is 16.2. The number of amides is 1. The minimum absolute atomic E-state index is 0.363. The Morgan fingerprint density at radius 1 is 1.17 bits per heavy atom. The van der Waals surface area contributed by atoms with Crippen molar-refractivity contribution in [2.45, 2.75) is 31.8 Å². The van der Waals surface area contributed by atoms with Crippen LogP contribution in [0.4, 0.5) is 0 Å². The molecular formula is C15H20N2O. The highest BCUT2D eigenvalue weighted by Crippen LogP contribution is 2.22. The molecule has 0 radical (unpaired) electrons. The number of hydrogen-bond donors (Lipinski definition) is 0. The zero-order chi connectivity index (χ0) is 12.4. The first kappa shape index (κ1) is 11.7. The molecule has 0 unspecified atom stereocenters. The molecule has 0 saturated carbocycles. The largest absolute Gasteiger partial charge is 0.338 e. The van der Waals surface area contributed by atoms with E-state index in [4.69, 9.17) is 0 Å². The van der Waals surface area contributed by atoms with Crippen LogP contribution in [0, 0.1) is 0 Å². The Bertz CT molecular complexity index is 418. The summed E-state index contributed by atoms with van der Waals surface area (Å²) in [5.74, 6) is 0.363. The fourth-order valence-corrected chi connectivity index (χ4v) is 3.11. The molecule has 0 N–H and O–H groups in total. The van der Waals surface area contributed by atoms with Crippen molar-refractivity contribution in [3.05, 3.63) is 35.9 Å². The fraction of sp³-hybridized carbons (Fsp3) is 0.533. The van der Waals surface area contributed by atoms with Gasteiger partial charge in [0.15, 0.2) is 0 Å². The molecule has 1 aromatic carbocycles. The van der Waals surface area contributed by atoms with Crippen molar-refractivity contribution in [1.29, 1.82) is 0 Å². The minimum Gasteiger partial charge on any atom is -0.338 e. The van der Waals surface area contributed by atoms with Gasteiger partial charge in [-0.1, -0.05) is 30.3 Å². The van der Waals surface area contributed by atoms with Crippen LogP contribution in [0.15, 0.2) is 30.3 Å². The number of carbonyl (C=O) groups excluding carboxylic acids is 1. The molecule has 1 atom stereocenters. The SMILES string of the molecule is O=C1CCCN1[C@H]1CCN(Cc2ccccc2)C1. The van der Waals surface area contributed by atoms with Crippen LogP contribution in [0.5, 0.6) is 0 Å². The van der Waals surface area contributed by atoms with Crippen molar-refractivity contribution >= 4 is 5.91 Å². The predicted octanol–water partition coefficient (Wildman–Crippen LogP) is 1.88. The Morgan fingerprint density at radius 3 is 2.72 bits per heavy atom. The standard InChI is InChI=1S/C15H20N2O/c18-15-7-4-9-17(15)14-8-10-16(12-14)11-13-5-2-1-3-6-13/h1-3,5-6,14H,4,7-12H2/t14-/m0/s1. The first-order valence-electron chi connectivity index (χ1n) is 6.89. The first-order chi connectivity index (χ1) is 8.83.